The summed E-state index contributed by atoms with van der Waals surface area (Å²) in [5.41, 5.74) is 6.85. The zero-order chi connectivity index (χ0) is 10.7. The maximum atomic E-state index is 5.86. The highest BCUT2D eigenvalue weighted by atomic mass is 15.1. The lowest BCUT2D eigenvalue weighted by Gasteiger charge is -2.29. The van der Waals surface area contributed by atoms with Crippen molar-refractivity contribution in [3.63, 3.8) is 0 Å². The van der Waals surface area contributed by atoms with E-state index in [-0.39, 0.29) is 5.54 Å². The third kappa shape index (κ3) is 2.09. The first-order valence-corrected chi connectivity index (χ1v) is 5.52. The lowest BCUT2D eigenvalue weighted by Crippen LogP contribution is -2.43. The van der Waals surface area contributed by atoms with Gasteiger partial charge < -0.3 is 11.1 Å². The van der Waals surface area contributed by atoms with Gasteiger partial charge in [0.15, 0.2) is 0 Å². The van der Waals surface area contributed by atoms with Gasteiger partial charge in [-0.1, -0.05) is 12.8 Å². The Balaban J connectivity index is 2.16. The van der Waals surface area contributed by atoms with Crippen molar-refractivity contribution in [1.82, 2.24) is 9.97 Å². The number of nitrogens with zero attached hydrogens (tertiary/aromatic N) is 2. The second-order valence-electron chi connectivity index (χ2n) is 4.31. The van der Waals surface area contributed by atoms with Gasteiger partial charge in [0.2, 0.25) is 0 Å². The minimum atomic E-state index is 0.0563. The van der Waals surface area contributed by atoms with Gasteiger partial charge in [-0.05, 0) is 19.8 Å². The van der Waals surface area contributed by atoms with E-state index < -0.39 is 0 Å². The summed E-state index contributed by atoms with van der Waals surface area (Å²) in [4.78, 5) is 8.53. The zero-order valence-corrected chi connectivity index (χ0v) is 9.16. The Morgan fingerprint density at radius 2 is 2.00 bits per heavy atom. The number of hydrogen-bond donors (Lipinski definition) is 2. The van der Waals surface area contributed by atoms with E-state index in [1.54, 1.807) is 12.4 Å². The van der Waals surface area contributed by atoms with Crippen molar-refractivity contribution >= 4 is 5.82 Å². The highest BCUT2D eigenvalue weighted by Gasteiger charge is 2.32. The van der Waals surface area contributed by atoms with Crippen molar-refractivity contribution in [3.05, 3.63) is 18.1 Å². The first-order valence-electron chi connectivity index (χ1n) is 5.52. The Labute approximate surface area is 90.3 Å². The molecule has 0 aliphatic heterocycles. The number of nitrogens with one attached hydrogen (secondary N) is 1. The quantitative estimate of drug-likeness (QED) is 0.786. The number of nitrogens with two attached hydrogens (primary N) is 1. The lowest BCUT2D eigenvalue weighted by atomic mass is 9.98. The van der Waals surface area contributed by atoms with Gasteiger partial charge in [0.25, 0.3) is 0 Å². The molecule has 3 N–H and O–H groups in total. The molecule has 0 aromatic carbocycles. The average Bonchev–Trinajstić information content (AvgIpc) is 2.71. The van der Waals surface area contributed by atoms with Gasteiger partial charge in [0.1, 0.15) is 5.82 Å². The second-order valence-corrected chi connectivity index (χ2v) is 4.31. The predicted octanol–water partition coefficient (Wildman–Crippen LogP) is 1.47. The van der Waals surface area contributed by atoms with Gasteiger partial charge in [0.05, 0.1) is 11.2 Å². The van der Waals surface area contributed by atoms with Crippen molar-refractivity contribution in [2.75, 3.05) is 11.9 Å². The van der Waals surface area contributed by atoms with Crippen LogP contribution in [-0.2, 0) is 0 Å². The summed E-state index contributed by atoms with van der Waals surface area (Å²) in [6.45, 7) is 2.64. The van der Waals surface area contributed by atoms with Crippen LogP contribution in [0, 0.1) is 6.92 Å². The molecule has 82 valence electrons. The van der Waals surface area contributed by atoms with E-state index in [2.05, 4.69) is 15.3 Å². The summed E-state index contributed by atoms with van der Waals surface area (Å²) in [6, 6.07) is 0. The van der Waals surface area contributed by atoms with Crippen LogP contribution in [0.25, 0.3) is 0 Å². The van der Waals surface area contributed by atoms with Gasteiger partial charge in [0, 0.05) is 18.9 Å². The first kappa shape index (κ1) is 10.4. The fraction of sp³-hybridized carbons (Fsp3) is 0.636. The molecule has 0 unspecified atom stereocenters. The number of hydrogen-bond acceptors (Lipinski definition) is 4. The third-order valence-electron chi connectivity index (χ3n) is 3.22. The molecule has 0 bridgehead atoms. The Morgan fingerprint density at radius 3 is 2.60 bits per heavy atom. The second kappa shape index (κ2) is 4.14. The van der Waals surface area contributed by atoms with E-state index >= 15 is 0 Å². The molecule has 1 heterocycles. The van der Waals surface area contributed by atoms with Gasteiger partial charge >= 0.3 is 0 Å². The minimum absolute atomic E-state index is 0.0563. The molecule has 1 saturated carbocycles. The SMILES string of the molecule is Cc1nccnc1NC1(CN)CCCC1. The van der Waals surface area contributed by atoms with Crippen molar-refractivity contribution < 1.29 is 0 Å². The van der Waals surface area contributed by atoms with Crippen LogP contribution in [0.5, 0.6) is 0 Å². The molecule has 1 aliphatic carbocycles. The fourth-order valence-electron chi connectivity index (χ4n) is 2.21. The maximum Gasteiger partial charge on any atom is 0.147 e. The van der Waals surface area contributed by atoms with Crippen LogP contribution in [0.1, 0.15) is 31.4 Å². The molecule has 0 spiro atoms. The summed E-state index contributed by atoms with van der Waals surface area (Å²) >= 11 is 0. The molecule has 0 amide bonds. The molecule has 0 atom stereocenters. The summed E-state index contributed by atoms with van der Waals surface area (Å²) in [5.74, 6) is 0.879. The van der Waals surface area contributed by atoms with Crippen LogP contribution in [0.15, 0.2) is 12.4 Å². The van der Waals surface area contributed by atoms with Crippen molar-refractivity contribution in [1.29, 1.82) is 0 Å². The lowest BCUT2D eigenvalue weighted by molar-refractivity contribution is 0.490. The van der Waals surface area contributed by atoms with Crippen molar-refractivity contribution in [3.8, 4) is 0 Å². The van der Waals surface area contributed by atoms with E-state index in [1.165, 1.54) is 12.8 Å². The molecular weight excluding hydrogens is 188 g/mol. The normalized spacial score (nSPS) is 19.1. The largest absolute Gasteiger partial charge is 0.362 e. The first-order chi connectivity index (χ1) is 7.26. The fourth-order valence-corrected chi connectivity index (χ4v) is 2.21. The minimum Gasteiger partial charge on any atom is -0.362 e. The maximum absolute atomic E-state index is 5.86. The molecule has 0 saturated heterocycles. The standard InChI is InChI=1S/C11H18N4/c1-9-10(14-7-6-13-9)15-11(8-12)4-2-3-5-11/h6-7H,2-5,8,12H2,1H3,(H,14,15). The van der Waals surface area contributed by atoms with Gasteiger partial charge in [-0.25, -0.2) is 4.98 Å². The van der Waals surface area contributed by atoms with Crippen LogP contribution in [-0.4, -0.2) is 22.1 Å². The smallest absolute Gasteiger partial charge is 0.147 e. The van der Waals surface area contributed by atoms with E-state index in [9.17, 15) is 0 Å². The molecule has 1 aliphatic rings. The number of aryl methyl sites for hydroxylation is 1. The van der Waals surface area contributed by atoms with Crippen LogP contribution in [0.3, 0.4) is 0 Å². The van der Waals surface area contributed by atoms with Crippen LogP contribution in [0.2, 0.25) is 0 Å². The Kier molecular flexibility index (Phi) is 2.86. The third-order valence-corrected chi connectivity index (χ3v) is 3.22. The number of rotatable bonds is 3. The van der Waals surface area contributed by atoms with Crippen molar-refractivity contribution in [2.24, 2.45) is 5.73 Å². The van der Waals surface area contributed by atoms with Gasteiger partial charge in [-0.15, -0.1) is 0 Å². The van der Waals surface area contributed by atoms with Gasteiger partial charge in [-0.3, -0.25) is 4.98 Å². The average molecular weight is 206 g/mol. The molecule has 4 nitrogen and oxygen atoms in total. The molecule has 1 aromatic heterocycles. The van der Waals surface area contributed by atoms with E-state index in [1.807, 2.05) is 6.92 Å². The monoisotopic (exact) mass is 206 g/mol. The highest BCUT2D eigenvalue weighted by molar-refractivity contribution is 5.42. The molecule has 15 heavy (non-hydrogen) atoms. The van der Waals surface area contributed by atoms with Crippen LogP contribution in [0.4, 0.5) is 5.82 Å². The zero-order valence-electron chi connectivity index (χ0n) is 9.16. The van der Waals surface area contributed by atoms with E-state index in [0.717, 1.165) is 24.4 Å². The molecule has 4 heteroatoms. The Hall–Kier alpha value is -1.16. The van der Waals surface area contributed by atoms with Gasteiger partial charge in [-0.2, -0.15) is 0 Å². The van der Waals surface area contributed by atoms with Crippen LogP contribution >= 0.6 is 0 Å². The number of anilines is 1. The Bertz CT molecular complexity index is 331. The number of aromatic nitrogens is 2. The van der Waals surface area contributed by atoms with Crippen molar-refractivity contribution in [2.45, 2.75) is 38.1 Å². The predicted molar refractivity (Wildman–Crippen MR) is 60.6 cm³/mol. The van der Waals surface area contributed by atoms with E-state index in [4.69, 9.17) is 5.73 Å². The summed E-state index contributed by atoms with van der Waals surface area (Å²) in [5, 5.41) is 3.47. The molecule has 0 radical (unpaired) electrons. The summed E-state index contributed by atoms with van der Waals surface area (Å²) in [6.07, 6.45) is 8.21. The molecule has 2 rings (SSSR count). The summed E-state index contributed by atoms with van der Waals surface area (Å²) in [7, 11) is 0. The molecule has 1 aromatic rings. The Morgan fingerprint density at radius 1 is 1.33 bits per heavy atom. The molecule has 1 fully saturated rings. The van der Waals surface area contributed by atoms with Crippen LogP contribution < -0.4 is 11.1 Å². The topological polar surface area (TPSA) is 63.8 Å². The van der Waals surface area contributed by atoms with E-state index in [0.29, 0.717) is 6.54 Å². The molecular formula is C11H18N4. The summed E-state index contributed by atoms with van der Waals surface area (Å²) < 4.78 is 0. The highest BCUT2D eigenvalue weighted by Crippen LogP contribution is 2.32.